The van der Waals surface area contributed by atoms with Gasteiger partial charge >= 0.3 is 5.97 Å². The molecule has 0 saturated carbocycles. The van der Waals surface area contributed by atoms with Crippen LogP contribution in [-0.4, -0.2) is 23.6 Å². The number of nitrogens with zero attached hydrogens (tertiary/aromatic N) is 1. The van der Waals surface area contributed by atoms with Crippen LogP contribution in [0.2, 0.25) is 0 Å². The molecule has 1 aromatic heterocycles. The Balaban J connectivity index is 0.00000119. The second-order valence-corrected chi connectivity index (χ2v) is 7.84. The Kier molecular flexibility index (Phi) is 16.3. The highest BCUT2D eigenvalue weighted by Gasteiger charge is 2.27. The lowest BCUT2D eigenvalue weighted by Crippen LogP contribution is -2.20. The molecule has 0 spiro atoms. The smallest absolute Gasteiger partial charge is 0.351 e. The monoisotopic (exact) mass is 520 g/mol. The largest absolute Gasteiger partial charge is 0.473 e. The number of hydrogen-bond acceptors (Lipinski definition) is 4. The van der Waals surface area contributed by atoms with E-state index in [1.165, 1.54) is 7.11 Å². The molecule has 0 radical (unpaired) electrons. The van der Waals surface area contributed by atoms with Crippen molar-refractivity contribution < 1.29 is 19.1 Å². The number of methoxy groups -OCH3 is 1. The van der Waals surface area contributed by atoms with Crippen molar-refractivity contribution in [1.29, 1.82) is 0 Å². The van der Waals surface area contributed by atoms with Crippen molar-refractivity contribution in [2.75, 3.05) is 7.11 Å². The number of aryl methyl sites for hydroxylation is 1. The summed E-state index contributed by atoms with van der Waals surface area (Å²) in [6, 6.07) is 14.6. The molecule has 0 aliphatic rings. The third kappa shape index (κ3) is 9.11. The fraction of sp³-hybridized carbons (Fsp3) is 0.312. The molecule has 2 N–H and O–H groups in total. The summed E-state index contributed by atoms with van der Waals surface area (Å²) in [6.45, 7) is 20.8. The maximum absolute atomic E-state index is 12.4. The molecule has 1 heterocycles. The van der Waals surface area contributed by atoms with E-state index in [4.69, 9.17) is 15.2 Å². The summed E-state index contributed by atoms with van der Waals surface area (Å²) < 4.78 is 13.0. The van der Waals surface area contributed by atoms with E-state index < -0.39 is 18.0 Å². The van der Waals surface area contributed by atoms with Crippen LogP contribution >= 0.6 is 0 Å². The fourth-order valence-corrected chi connectivity index (χ4v) is 3.28. The molecule has 0 fully saturated rings. The minimum atomic E-state index is -0.952. The van der Waals surface area contributed by atoms with Crippen LogP contribution in [0.3, 0.4) is 0 Å². The average molecular weight is 521 g/mol. The number of nitrogens with two attached hydrogens (primary N) is 1. The quantitative estimate of drug-likeness (QED) is 0.190. The summed E-state index contributed by atoms with van der Waals surface area (Å²) >= 11 is 0. The molecule has 6 heteroatoms. The maximum atomic E-state index is 12.4. The number of rotatable bonds is 8. The van der Waals surface area contributed by atoms with Gasteiger partial charge < -0.3 is 19.8 Å². The molecule has 0 saturated heterocycles. The maximum Gasteiger partial charge on any atom is 0.351 e. The van der Waals surface area contributed by atoms with E-state index in [9.17, 15) is 9.59 Å². The van der Waals surface area contributed by atoms with Gasteiger partial charge in [-0.1, -0.05) is 82.8 Å². The van der Waals surface area contributed by atoms with Crippen LogP contribution in [0, 0.1) is 6.92 Å². The summed E-state index contributed by atoms with van der Waals surface area (Å²) in [5.74, 6) is -0.693. The molecule has 3 aromatic rings. The van der Waals surface area contributed by atoms with Crippen molar-refractivity contribution in [1.82, 2.24) is 4.57 Å². The van der Waals surface area contributed by atoms with E-state index >= 15 is 0 Å². The molecule has 38 heavy (non-hydrogen) atoms. The molecule has 3 rings (SSSR count). The SMILES string of the molecule is C=C(C(N)=O)c1c(C)n(C)c2cccc(OC(C(=O)OC)c3ccccc3)c12.C=CCC.C=CCC.CC. The predicted molar refractivity (Wildman–Crippen MR) is 160 cm³/mol. The number of primary amides is 1. The van der Waals surface area contributed by atoms with Crippen molar-refractivity contribution in [3.05, 3.63) is 97.2 Å². The highest BCUT2D eigenvalue weighted by atomic mass is 16.6. The molecular weight excluding hydrogens is 476 g/mol. The predicted octanol–water partition coefficient (Wildman–Crippen LogP) is 7.47. The van der Waals surface area contributed by atoms with E-state index in [-0.39, 0.29) is 5.57 Å². The Bertz CT molecular complexity index is 1190. The first-order valence-corrected chi connectivity index (χ1v) is 12.8. The highest BCUT2D eigenvalue weighted by molar-refractivity contribution is 6.22. The van der Waals surface area contributed by atoms with Crippen molar-refractivity contribution >= 4 is 28.4 Å². The molecule has 0 aliphatic carbocycles. The summed E-state index contributed by atoms with van der Waals surface area (Å²) in [6.07, 6.45) is 4.96. The third-order valence-electron chi connectivity index (χ3n) is 5.42. The Morgan fingerprint density at radius 2 is 1.53 bits per heavy atom. The summed E-state index contributed by atoms with van der Waals surface area (Å²) in [5.41, 5.74) is 8.61. The van der Waals surface area contributed by atoms with E-state index in [2.05, 4.69) is 33.6 Å². The first-order valence-electron chi connectivity index (χ1n) is 12.8. The van der Waals surface area contributed by atoms with Crippen LogP contribution < -0.4 is 10.5 Å². The number of allylic oxidation sites excluding steroid dienone is 2. The van der Waals surface area contributed by atoms with Gasteiger partial charge in [-0.05, 0) is 31.9 Å². The Morgan fingerprint density at radius 3 is 1.97 bits per heavy atom. The number of aromatic nitrogens is 1. The number of hydrogen-bond donors (Lipinski definition) is 1. The van der Waals surface area contributed by atoms with Gasteiger partial charge in [-0.3, -0.25) is 4.79 Å². The van der Waals surface area contributed by atoms with E-state index in [1.807, 2.05) is 74.9 Å². The molecule has 1 atom stereocenters. The molecule has 206 valence electrons. The Labute approximate surface area is 228 Å². The van der Waals surface area contributed by atoms with E-state index in [0.29, 0.717) is 22.3 Å². The van der Waals surface area contributed by atoms with Crippen molar-refractivity contribution in [2.45, 2.75) is 53.6 Å². The number of carbonyl (C=O) groups excluding carboxylic acids is 2. The van der Waals surface area contributed by atoms with Crippen LogP contribution in [0.1, 0.15) is 63.5 Å². The van der Waals surface area contributed by atoms with Gasteiger partial charge in [0.15, 0.2) is 0 Å². The minimum absolute atomic E-state index is 0.188. The number of ether oxygens (including phenoxy) is 2. The molecule has 6 nitrogen and oxygen atoms in total. The van der Waals surface area contributed by atoms with Crippen LogP contribution in [0.25, 0.3) is 16.5 Å². The summed E-state index contributed by atoms with van der Waals surface area (Å²) in [7, 11) is 3.20. The first kappa shape index (κ1) is 33.9. The number of esters is 1. The summed E-state index contributed by atoms with van der Waals surface area (Å²) in [4.78, 5) is 24.2. The lowest BCUT2D eigenvalue weighted by atomic mass is 10.0. The van der Waals surface area contributed by atoms with Crippen molar-refractivity contribution in [3.8, 4) is 5.75 Å². The van der Waals surface area contributed by atoms with Crippen LogP contribution in [-0.2, 0) is 21.4 Å². The molecule has 0 aliphatic heterocycles. The zero-order valence-corrected chi connectivity index (χ0v) is 24.0. The second-order valence-electron chi connectivity index (χ2n) is 7.84. The molecular formula is C32H44N2O4. The number of fused-ring (bicyclic) bond motifs is 1. The first-order chi connectivity index (χ1) is 18.2. The van der Waals surface area contributed by atoms with Gasteiger partial charge in [-0.25, -0.2) is 4.79 Å². The zero-order chi connectivity index (χ0) is 29.3. The molecule has 1 amide bonds. The lowest BCUT2D eigenvalue weighted by molar-refractivity contribution is -0.149. The van der Waals surface area contributed by atoms with Crippen LogP contribution in [0.4, 0.5) is 0 Å². The van der Waals surface area contributed by atoms with Crippen molar-refractivity contribution in [3.63, 3.8) is 0 Å². The normalized spacial score (nSPS) is 10.2. The van der Waals surface area contributed by atoms with Gasteiger partial charge in [-0.15, -0.1) is 13.2 Å². The van der Waals surface area contributed by atoms with Crippen molar-refractivity contribution in [2.24, 2.45) is 12.8 Å². The van der Waals surface area contributed by atoms with E-state index in [1.54, 1.807) is 18.2 Å². The van der Waals surface area contributed by atoms with Gasteiger partial charge in [0, 0.05) is 29.4 Å². The average Bonchev–Trinajstić information content (AvgIpc) is 3.22. The standard InChI is InChI=1S/C22H22N2O4.2C4H8.C2H6/c1-13(21(23)25)18-14(2)24(3)16-11-8-12-17(19(16)18)28-20(22(26)27-4)15-9-6-5-7-10-15;2*1-3-4-2;1-2/h5-12,20H,1H2,2-4H3,(H2,23,25);2*3H,1,4H2,2H3;1-2H3. The van der Waals surface area contributed by atoms with Gasteiger partial charge in [0.25, 0.3) is 0 Å². The van der Waals surface area contributed by atoms with Gasteiger partial charge in [0.05, 0.1) is 18.0 Å². The summed E-state index contributed by atoms with van der Waals surface area (Å²) in [5, 5.41) is 0.677. The topological polar surface area (TPSA) is 83.5 Å². The Hall–Kier alpha value is -4.06. The highest BCUT2D eigenvalue weighted by Crippen LogP contribution is 2.38. The van der Waals surface area contributed by atoms with Crippen LogP contribution in [0.5, 0.6) is 5.75 Å². The van der Waals surface area contributed by atoms with E-state index in [0.717, 1.165) is 24.1 Å². The zero-order valence-electron chi connectivity index (χ0n) is 24.0. The Morgan fingerprint density at radius 1 is 1.00 bits per heavy atom. The number of benzene rings is 2. The molecule has 0 bridgehead atoms. The minimum Gasteiger partial charge on any atom is -0.473 e. The molecule has 2 aromatic carbocycles. The number of carbonyl (C=O) groups is 2. The van der Waals surface area contributed by atoms with Gasteiger partial charge in [0.2, 0.25) is 12.0 Å². The molecule has 1 unspecified atom stereocenters. The second kappa shape index (κ2) is 18.2. The number of amides is 1. The fourth-order valence-electron chi connectivity index (χ4n) is 3.28. The van der Waals surface area contributed by atoms with Crippen LogP contribution in [0.15, 0.2) is 80.4 Å². The third-order valence-corrected chi connectivity index (χ3v) is 5.42. The van der Waals surface area contributed by atoms with Gasteiger partial charge in [0.1, 0.15) is 5.75 Å². The van der Waals surface area contributed by atoms with Gasteiger partial charge in [-0.2, -0.15) is 0 Å². The lowest BCUT2D eigenvalue weighted by Gasteiger charge is -2.18.